The van der Waals surface area contributed by atoms with Crippen LogP contribution in [-0.2, 0) is 0 Å². The first-order valence-electron chi connectivity index (χ1n) is 4.86. The van der Waals surface area contributed by atoms with E-state index >= 15 is 0 Å². The highest BCUT2D eigenvalue weighted by atomic mass is 15.2. The van der Waals surface area contributed by atoms with Crippen molar-refractivity contribution < 1.29 is 0 Å². The SMILES string of the molecule is N#CC1(C#N)CCN(C2CC2)CC1. The molecule has 13 heavy (non-hydrogen) atoms. The van der Waals surface area contributed by atoms with Gasteiger partial charge < -0.3 is 4.90 Å². The molecule has 0 unspecified atom stereocenters. The Morgan fingerprint density at radius 2 is 1.62 bits per heavy atom. The minimum Gasteiger partial charge on any atom is -0.300 e. The Morgan fingerprint density at radius 3 is 2.00 bits per heavy atom. The summed E-state index contributed by atoms with van der Waals surface area (Å²) in [6, 6.07) is 5.09. The minimum absolute atomic E-state index is 0.675. The molecule has 0 aromatic carbocycles. The fourth-order valence-electron chi connectivity index (χ4n) is 1.96. The number of rotatable bonds is 1. The summed E-state index contributed by atoms with van der Waals surface area (Å²) in [5.74, 6) is 0. The second-order valence-electron chi connectivity index (χ2n) is 4.07. The highest BCUT2D eigenvalue weighted by Gasteiger charge is 2.39. The van der Waals surface area contributed by atoms with Gasteiger partial charge in [0.15, 0.2) is 0 Å². The second kappa shape index (κ2) is 3.01. The van der Waals surface area contributed by atoms with E-state index in [0.717, 1.165) is 32.0 Å². The molecule has 1 saturated heterocycles. The summed E-state index contributed by atoms with van der Waals surface area (Å²) in [7, 11) is 0. The lowest BCUT2D eigenvalue weighted by Gasteiger charge is -2.33. The standard InChI is InChI=1S/C10H13N3/c11-7-10(8-12)3-5-13(6-4-10)9-1-2-9/h9H,1-6H2. The van der Waals surface area contributed by atoms with Crippen molar-refractivity contribution in [1.82, 2.24) is 4.90 Å². The van der Waals surface area contributed by atoms with Crippen LogP contribution in [-0.4, -0.2) is 24.0 Å². The van der Waals surface area contributed by atoms with Crippen LogP contribution in [0.15, 0.2) is 0 Å². The van der Waals surface area contributed by atoms with E-state index in [-0.39, 0.29) is 0 Å². The number of piperidine rings is 1. The molecule has 1 saturated carbocycles. The maximum atomic E-state index is 8.89. The number of nitrogens with zero attached hydrogens (tertiary/aromatic N) is 3. The molecule has 0 spiro atoms. The van der Waals surface area contributed by atoms with Crippen molar-refractivity contribution in [3.05, 3.63) is 0 Å². The molecule has 0 aromatic heterocycles. The third-order valence-electron chi connectivity index (χ3n) is 3.14. The van der Waals surface area contributed by atoms with E-state index < -0.39 is 5.41 Å². The summed E-state index contributed by atoms with van der Waals surface area (Å²) in [5.41, 5.74) is -0.675. The van der Waals surface area contributed by atoms with Gasteiger partial charge in [0.25, 0.3) is 0 Å². The van der Waals surface area contributed by atoms with Crippen LogP contribution in [0.3, 0.4) is 0 Å². The Labute approximate surface area is 78.6 Å². The summed E-state index contributed by atoms with van der Waals surface area (Å²) in [4.78, 5) is 2.42. The zero-order chi connectivity index (χ0) is 9.31. The van der Waals surface area contributed by atoms with Crippen molar-refractivity contribution in [3.8, 4) is 12.1 Å². The fraction of sp³-hybridized carbons (Fsp3) is 0.800. The van der Waals surface area contributed by atoms with Crippen molar-refractivity contribution >= 4 is 0 Å². The molecule has 0 radical (unpaired) electrons. The lowest BCUT2D eigenvalue weighted by Crippen LogP contribution is -2.39. The van der Waals surface area contributed by atoms with Crippen molar-refractivity contribution in [2.75, 3.05) is 13.1 Å². The maximum Gasteiger partial charge on any atom is 0.146 e. The number of nitriles is 2. The van der Waals surface area contributed by atoms with Gasteiger partial charge in [-0.25, -0.2) is 0 Å². The summed E-state index contributed by atoms with van der Waals surface area (Å²) >= 11 is 0. The van der Waals surface area contributed by atoms with E-state index in [1.165, 1.54) is 12.8 Å². The summed E-state index contributed by atoms with van der Waals surface area (Å²) < 4.78 is 0. The Bertz CT molecular complexity index is 256. The van der Waals surface area contributed by atoms with E-state index in [4.69, 9.17) is 10.5 Å². The second-order valence-corrected chi connectivity index (χ2v) is 4.07. The molecule has 68 valence electrons. The van der Waals surface area contributed by atoms with Gasteiger partial charge in [0.05, 0.1) is 12.1 Å². The van der Waals surface area contributed by atoms with E-state index in [1.807, 2.05) is 0 Å². The first-order chi connectivity index (χ1) is 6.29. The maximum absolute atomic E-state index is 8.89. The molecule has 1 heterocycles. The van der Waals surface area contributed by atoms with Crippen molar-refractivity contribution in [3.63, 3.8) is 0 Å². The molecule has 3 heteroatoms. The van der Waals surface area contributed by atoms with Crippen LogP contribution in [0.4, 0.5) is 0 Å². The van der Waals surface area contributed by atoms with Gasteiger partial charge in [0.1, 0.15) is 5.41 Å². The number of hydrogen-bond donors (Lipinski definition) is 0. The summed E-state index contributed by atoms with van der Waals surface area (Å²) in [6.45, 7) is 1.87. The van der Waals surface area contributed by atoms with Gasteiger partial charge in [-0.3, -0.25) is 0 Å². The van der Waals surface area contributed by atoms with Gasteiger partial charge in [-0.1, -0.05) is 0 Å². The molecule has 0 aromatic rings. The molecule has 0 atom stereocenters. The Hall–Kier alpha value is -1.06. The molecule has 0 N–H and O–H groups in total. The van der Waals surface area contributed by atoms with Crippen LogP contribution in [0, 0.1) is 28.1 Å². The Morgan fingerprint density at radius 1 is 1.08 bits per heavy atom. The lowest BCUT2D eigenvalue weighted by molar-refractivity contribution is 0.169. The third kappa shape index (κ3) is 1.53. The zero-order valence-corrected chi connectivity index (χ0v) is 7.66. The summed E-state index contributed by atoms with van der Waals surface area (Å²) in [6.07, 6.45) is 4.09. The van der Waals surface area contributed by atoms with Gasteiger partial charge in [-0.15, -0.1) is 0 Å². The normalized spacial score (nSPS) is 27.5. The van der Waals surface area contributed by atoms with Crippen LogP contribution < -0.4 is 0 Å². The molecule has 0 amide bonds. The quantitative estimate of drug-likeness (QED) is 0.603. The molecule has 1 aliphatic heterocycles. The van der Waals surface area contributed by atoms with Gasteiger partial charge >= 0.3 is 0 Å². The number of likely N-dealkylation sites (tertiary alicyclic amines) is 1. The van der Waals surface area contributed by atoms with Gasteiger partial charge in [0, 0.05) is 19.1 Å². The van der Waals surface area contributed by atoms with E-state index in [2.05, 4.69) is 17.0 Å². The average Bonchev–Trinajstić information content (AvgIpc) is 3.02. The largest absolute Gasteiger partial charge is 0.300 e. The van der Waals surface area contributed by atoms with Crippen LogP contribution >= 0.6 is 0 Å². The van der Waals surface area contributed by atoms with Gasteiger partial charge in [-0.2, -0.15) is 10.5 Å². The predicted octanol–water partition coefficient (Wildman–Crippen LogP) is 1.28. The minimum atomic E-state index is -0.675. The van der Waals surface area contributed by atoms with Crippen LogP contribution in [0.1, 0.15) is 25.7 Å². The average molecular weight is 175 g/mol. The van der Waals surface area contributed by atoms with E-state index in [1.54, 1.807) is 0 Å². The highest BCUT2D eigenvalue weighted by Crippen LogP contribution is 2.35. The van der Waals surface area contributed by atoms with E-state index in [9.17, 15) is 0 Å². The molecule has 1 aliphatic carbocycles. The molecular formula is C10H13N3. The molecule has 2 fully saturated rings. The topological polar surface area (TPSA) is 50.8 Å². The lowest BCUT2D eigenvalue weighted by atomic mass is 9.81. The molecule has 2 aliphatic rings. The first kappa shape index (κ1) is 8.53. The van der Waals surface area contributed by atoms with Crippen molar-refractivity contribution in [1.29, 1.82) is 10.5 Å². The fourth-order valence-corrected chi connectivity index (χ4v) is 1.96. The zero-order valence-electron chi connectivity index (χ0n) is 7.66. The van der Waals surface area contributed by atoms with E-state index in [0.29, 0.717) is 0 Å². The molecule has 0 bridgehead atoms. The molecule has 3 nitrogen and oxygen atoms in total. The van der Waals surface area contributed by atoms with Gasteiger partial charge in [0.2, 0.25) is 0 Å². The van der Waals surface area contributed by atoms with Crippen LogP contribution in [0.5, 0.6) is 0 Å². The molecule has 2 rings (SSSR count). The summed E-state index contributed by atoms with van der Waals surface area (Å²) in [5, 5.41) is 17.8. The number of hydrogen-bond acceptors (Lipinski definition) is 3. The Kier molecular flexibility index (Phi) is 1.98. The Balaban J connectivity index is 1.95. The van der Waals surface area contributed by atoms with Crippen molar-refractivity contribution in [2.45, 2.75) is 31.7 Å². The van der Waals surface area contributed by atoms with Crippen molar-refractivity contribution in [2.24, 2.45) is 5.41 Å². The first-order valence-corrected chi connectivity index (χ1v) is 4.86. The van der Waals surface area contributed by atoms with Crippen LogP contribution in [0.25, 0.3) is 0 Å². The molecular weight excluding hydrogens is 162 g/mol. The smallest absolute Gasteiger partial charge is 0.146 e. The highest BCUT2D eigenvalue weighted by molar-refractivity contribution is 5.15. The van der Waals surface area contributed by atoms with Crippen LogP contribution in [0.2, 0.25) is 0 Å². The monoisotopic (exact) mass is 175 g/mol. The third-order valence-corrected chi connectivity index (χ3v) is 3.14. The predicted molar refractivity (Wildman–Crippen MR) is 47.5 cm³/mol. The van der Waals surface area contributed by atoms with Gasteiger partial charge in [-0.05, 0) is 25.7 Å².